The number of hydrogen-bond donors (Lipinski definition) is 2. The maximum atomic E-state index is 13.7. The summed E-state index contributed by atoms with van der Waals surface area (Å²) in [5.74, 6) is -1.04. The van der Waals surface area contributed by atoms with E-state index < -0.39 is 17.3 Å². The van der Waals surface area contributed by atoms with Crippen molar-refractivity contribution in [1.82, 2.24) is 5.32 Å². The summed E-state index contributed by atoms with van der Waals surface area (Å²) in [5, 5.41) is 12.9. The minimum atomic E-state index is -1.01. The molecule has 2 unspecified atom stereocenters. The molecule has 1 amide bonds. The van der Waals surface area contributed by atoms with Gasteiger partial charge in [0, 0.05) is 6.54 Å². The molecule has 2 atom stereocenters. The number of amides is 1. The van der Waals surface area contributed by atoms with E-state index in [1.807, 2.05) is 13.8 Å². The topological polar surface area (TPSA) is 58.6 Å². The molecule has 0 radical (unpaired) electrons. The number of hydrogen-bond acceptors (Lipinski definition) is 3. The van der Waals surface area contributed by atoms with Gasteiger partial charge in [0.05, 0.1) is 17.8 Å². The van der Waals surface area contributed by atoms with Crippen LogP contribution < -0.4 is 10.1 Å². The quantitative estimate of drug-likeness (QED) is 0.813. The molecule has 1 aromatic rings. The van der Waals surface area contributed by atoms with Crippen molar-refractivity contribution in [3.05, 3.63) is 29.6 Å². The van der Waals surface area contributed by atoms with Crippen LogP contribution in [-0.2, 0) is 0 Å². The Morgan fingerprint density at radius 2 is 2.14 bits per heavy atom. The molecule has 0 heterocycles. The monoisotopic (exact) mass is 297 g/mol. The van der Waals surface area contributed by atoms with Gasteiger partial charge in [0.25, 0.3) is 5.91 Å². The van der Waals surface area contributed by atoms with E-state index in [1.54, 1.807) is 13.8 Å². The van der Waals surface area contributed by atoms with E-state index in [-0.39, 0.29) is 30.4 Å². The first-order valence-electron chi connectivity index (χ1n) is 7.25. The molecule has 0 aliphatic heterocycles. The van der Waals surface area contributed by atoms with E-state index in [4.69, 9.17) is 4.74 Å². The first-order chi connectivity index (χ1) is 9.83. The maximum Gasteiger partial charge on any atom is 0.255 e. The van der Waals surface area contributed by atoms with E-state index in [1.165, 1.54) is 18.2 Å². The van der Waals surface area contributed by atoms with E-state index in [0.29, 0.717) is 0 Å². The second-order valence-electron chi connectivity index (χ2n) is 5.40. The molecule has 0 fully saturated rings. The van der Waals surface area contributed by atoms with Gasteiger partial charge in [0.2, 0.25) is 0 Å². The summed E-state index contributed by atoms with van der Waals surface area (Å²) in [6.45, 7) is 7.66. The largest absolute Gasteiger partial charge is 0.490 e. The van der Waals surface area contributed by atoms with Gasteiger partial charge in [0.15, 0.2) is 11.6 Å². The molecule has 0 saturated heterocycles. The fourth-order valence-corrected chi connectivity index (χ4v) is 1.95. The average molecular weight is 297 g/mol. The number of carbonyl (C=O) groups excluding carboxylic acids is 1. The highest BCUT2D eigenvalue weighted by molar-refractivity contribution is 5.97. The third kappa shape index (κ3) is 4.43. The van der Waals surface area contributed by atoms with Gasteiger partial charge in [-0.3, -0.25) is 4.79 Å². The van der Waals surface area contributed by atoms with Gasteiger partial charge in [-0.05, 0) is 31.9 Å². The predicted octanol–water partition coefficient (Wildman–Crippen LogP) is 2.75. The lowest BCUT2D eigenvalue weighted by molar-refractivity contribution is 0.00589. The van der Waals surface area contributed by atoms with Gasteiger partial charge in [-0.15, -0.1) is 0 Å². The minimum absolute atomic E-state index is 0.0386. The molecular formula is C16H24FNO3. The molecule has 1 rings (SSSR count). The van der Waals surface area contributed by atoms with E-state index in [9.17, 15) is 14.3 Å². The molecule has 21 heavy (non-hydrogen) atoms. The molecule has 0 spiro atoms. The summed E-state index contributed by atoms with van der Waals surface area (Å²) in [7, 11) is 0. The Bertz CT molecular complexity index is 488. The number of nitrogens with one attached hydrogen (secondary N) is 1. The van der Waals surface area contributed by atoms with Crippen LogP contribution in [-0.4, -0.2) is 29.8 Å². The van der Waals surface area contributed by atoms with Crippen LogP contribution in [0.1, 0.15) is 44.5 Å². The Kier molecular flexibility index (Phi) is 6.15. The van der Waals surface area contributed by atoms with Gasteiger partial charge in [0.1, 0.15) is 0 Å². The molecule has 0 bridgehead atoms. The average Bonchev–Trinajstić information content (AvgIpc) is 2.46. The van der Waals surface area contributed by atoms with Crippen molar-refractivity contribution in [3.8, 4) is 5.75 Å². The highest BCUT2D eigenvalue weighted by Crippen LogP contribution is 2.23. The molecule has 1 aromatic carbocycles. The van der Waals surface area contributed by atoms with E-state index >= 15 is 0 Å². The van der Waals surface area contributed by atoms with Gasteiger partial charge < -0.3 is 15.2 Å². The Morgan fingerprint density at radius 3 is 2.71 bits per heavy atom. The molecule has 0 saturated carbocycles. The highest BCUT2D eigenvalue weighted by Gasteiger charge is 2.28. The van der Waals surface area contributed by atoms with Crippen molar-refractivity contribution in [2.24, 2.45) is 5.92 Å². The van der Waals surface area contributed by atoms with E-state index in [2.05, 4.69) is 5.32 Å². The SMILES string of the molecule is CCOc1c(F)cccc1C(=O)NCC(C)(O)C(C)CC. The first-order valence-corrected chi connectivity index (χ1v) is 7.25. The van der Waals surface area contributed by atoms with Gasteiger partial charge >= 0.3 is 0 Å². The summed E-state index contributed by atoms with van der Waals surface area (Å²) < 4.78 is 18.9. The first kappa shape index (κ1) is 17.4. The van der Waals surface area contributed by atoms with Crippen LogP contribution in [0.15, 0.2) is 18.2 Å². The molecular weight excluding hydrogens is 273 g/mol. The van der Waals surface area contributed by atoms with Crippen LogP contribution in [0.5, 0.6) is 5.75 Å². The third-order valence-electron chi connectivity index (χ3n) is 3.78. The lowest BCUT2D eigenvalue weighted by atomic mass is 9.88. The van der Waals surface area contributed by atoms with Crippen molar-refractivity contribution in [3.63, 3.8) is 0 Å². The zero-order valence-electron chi connectivity index (χ0n) is 13.1. The van der Waals surface area contributed by atoms with Crippen molar-refractivity contribution in [2.75, 3.05) is 13.2 Å². The standard InChI is InChI=1S/C16H24FNO3/c1-5-11(3)16(4,20)10-18-15(19)12-8-7-9-13(17)14(12)21-6-2/h7-9,11,20H,5-6,10H2,1-4H3,(H,18,19). The molecule has 4 nitrogen and oxygen atoms in total. The number of halogens is 1. The smallest absolute Gasteiger partial charge is 0.255 e. The molecule has 0 aliphatic carbocycles. The highest BCUT2D eigenvalue weighted by atomic mass is 19.1. The van der Waals surface area contributed by atoms with Crippen LogP contribution in [0.2, 0.25) is 0 Å². The Morgan fingerprint density at radius 1 is 1.48 bits per heavy atom. The maximum absolute atomic E-state index is 13.7. The van der Waals surface area contributed by atoms with Crippen molar-refractivity contribution in [2.45, 2.75) is 39.7 Å². The summed E-state index contributed by atoms with van der Waals surface area (Å²) in [4.78, 5) is 12.2. The number of benzene rings is 1. The summed E-state index contributed by atoms with van der Waals surface area (Å²) in [6.07, 6.45) is 0.799. The fourth-order valence-electron chi connectivity index (χ4n) is 1.95. The van der Waals surface area contributed by atoms with Crippen molar-refractivity contribution in [1.29, 1.82) is 0 Å². The summed E-state index contributed by atoms with van der Waals surface area (Å²) in [5.41, 5.74) is -0.874. The van der Waals surface area contributed by atoms with Gasteiger partial charge in [-0.2, -0.15) is 0 Å². The number of carbonyl (C=O) groups is 1. The van der Waals surface area contributed by atoms with Crippen LogP contribution >= 0.6 is 0 Å². The van der Waals surface area contributed by atoms with Gasteiger partial charge in [-0.1, -0.05) is 26.3 Å². The lowest BCUT2D eigenvalue weighted by Crippen LogP contribution is -2.45. The van der Waals surface area contributed by atoms with Crippen LogP contribution in [0.4, 0.5) is 4.39 Å². The van der Waals surface area contributed by atoms with Crippen molar-refractivity contribution < 1.29 is 19.0 Å². The fraction of sp³-hybridized carbons (Fsp3) is 0.562. The number of para-hydroxylation sites is 1. The summed E-state index contributed by atoms with van der Waals surface area (Å²) >= 11 is 0. The molecule has 0 aliphatic rings. The number of ether oxygens (including phenoxy) is 1. The number of aliphatic hydroxyl groups is 1. The zero-order chi connectivity index (χ0) is 16.0. The third-order valence-corrected chi connectivity index (χ3v) is 3.78. The second kappa shape index (κ2) is 7.41. The molecule has 2 N–H and O–H groups in total. The van der Waals surface area contributed by atoms with Gasteiger partial charge in [-0.25, -0.2) is 4.39 Å². The van der Waals surface area contributed by atoms with Crippen LogP contribution in [0.25, 0.3) is 0 Å². The minimum Gasteiger partial charge on any atom is -0.490 e. The normalized spacial score (nSPS) is 15.1. The summed E-state index contributed by atoms with van der Waals surface area (Å²) in [6, 6.07) is 4.21. The van der Waals surface area contributed by atoms with Crippen LogP contribution in [0, 0.1) is 11.7 Å². The number of rotatable bonds is 7. The second-order valence-corrected chi connectivity index (χ2v) is 5.40. The Hall–Kier alpha value is -1.62. The lowest BCUT2D eigenvalue weighted by Gasteiger charge is -2.29. The molecule has 0 aromatic heterocycles. The van der Waals surface area contributed by atoms with Crippen molar-refractivity contribution >= 4 is 5.91 Å². The zero-order valence-corrected chi connectivity index (χ0v) is 13.1. The predicted molar refractivity (Wildman–Crippen MR) is 80.0 cm³/mol. The Labute approximate surface area is 125 Å². The Balaban J connectivity index is 2.83. The van der Waals surface area contributed by atoms with E-state index in [0.717, 1.165) is 6.42 Å². The molecule has 5 heteroatoms. The van der Waals surface area contributed by atoms with Crippen LogP contribution in [0.3, 0.4) is 0 Å². The molecule has 118 valence electrons.